The van der Waals surface area contributed by atoms with Gasteiger partial charge in [0.1, 0.15) is 5.25 Å². The van der Waals surface area contributed by atoms with Gasteiger partial charge in [-0.25, -0.2) is 4.98 Å². The van der Waals surface area contributed by atoms with Gasteiger partial charge in [0.2, 0.25) is 0 Å². The van der Waals surface area contributed by atoms with Gasteiger partial charge >= 0.3 is 0 Å². The lowest BCUT2D eigenvalue weighted by molar-refractivity contribution is 0.0989. The number of hydrogen-bond acceptors (Lipinski definition) is 5. The predicted octanol–water partition coefficient (Wildman–Crippen LogP) is 6.16. The molecule has 0 aliphatic carbocycles. The molecule has 180 valence electrons. The Morgan fingerprint density at radius 1 is 0.971 bits per heavy atom. The topological polar surface area (TPSA) is 61.2 Å². The number of carbonyl (C=O) groups excluding carboxylic acids is 1. The van der Waals surface area contributed by atoms with Crippen LogP contribution in [0, 0.1) is 13.8 Å². The van der Waals surface area contributed by atoms with Crippen molar-refractivity contribution in [3.05, 3.63) is 105 Å². The Morgan fingerprint density at radius 2 is 1.63 bits per heavy atom. The number of aromatic nitrogens is 2. The lowest BCUT2D eigenvalue weighted by Crippen LogP contribution is -2.25. The lowest BCUT2D eigenvalue weighted by atomic mass is 10.0. The summed E-state index contributed by atoms with van der Waals surface area (Å²) in [7, 11) is 0. The molecular formula is C29H30N2O3S. The molecule has 0 aliphatic heterocycles. The fourth-order valence-electron chi connectivity index (χ4n) is 3.89. The molecule has 3 aromatic carbocycles. The van der Waals surface area contributed by atoms with Crippen LogP contribution in [-0.2, 0) is 11.3 Å². The monoisotopic (exact) mass is 486 g/mol. The summed E-state index contributed by atoms with van der Waals surface area (Å²) in [6.45, 7) is 7.64. The van der Waals surface area contributed by atoms with E-state index in [9.17, 15) is 9.59 Å². The highest BCUT2D eigenvalue weighted by Crippen LogP contribution is 2.37. The Kier molecular flexibility index (Phi) is 8.16. The molecule has 1 unspecified atom stereocenters. The van der Waals surface area contributed by atoms with Gasteiger partial charge in [0.25, 0.3) is 5.56 Å². The molecule has 1 atom stereocenters. The molecule has 6 heteroatoms. The Labute approximate surface area is 210 Å². The van der Waals surface area contributed by atoms with Crippen LogP contribution in [0.3, 0.4) is 0 Å². The van der Waals surface area contributed by atoms with E-state index in [0.29, 0.717) is 47.8 Å². The first-order valence-electron chi connectivity index (χ1n) is 11.9. The van der Waals surface area contributed by atoms with E-state index in [1.165, 1.54) is 11.8 Å². The van der Waals surface area contributed by atoms with Crippen LogP contribution in [0.5, 0.6) is 0 Å². The van der Waals surface area contributed by atoms with Crippen LogP contribution in [0.4, 0.5) is 0 Å². The summed E-state index contributed by atoms with van der Waals surface area (Å²) in [5.74, 6) is -0.0119. The number of nitrogens with zero attached hydrogens (tertiary/aromatic N) is 2. The van der Waals surface area contributed by atoms with Gasteiger partial charge in [0, 0.05) is 25.3 Å². The molecule has 0 saturated heterocycles. The second-order valence-electron chi connectivity index (χ2n) is 8.56. The zero-order valence-corrected chi connectivity index (χ0v) is 21.2. The van der Waals surface area contributed by atoms with Gasteiger partial charge in [0.15, 0.2) is 10.9 Å². The fraction of sp³-hybridized carbons (Fsp3) is 0.276. The second-order valence-corrected chi connectivity index (χ2v) is 9.63. The quantitative estimate of drug-likeness (QED) is 0.116. The number of aryl methyl sites for hydroxylation is 2. The van der Waals surface area contributed by atoms with Gasteiger partial charge in [-0.3, -0.25) is 14.2 Å². The van der Waals surface area contributed by atoms with Gasteiger partial charge in [0.05, 0.1) is 10.9 Å². The number of thioether (sulfide) groups is 1. The standard InChI is InChI=1S/C29H30N2O3S/c1-4-34-19-7-18-31-28(33)24-8-5-6-9-25(24)30-29(31)35-27(23-16-12-21(3)13-17-23)26(32)22-14-10-20(2)11-15-22/h5-6,8-17,27H,4,7,18-19H2,1-3H3. The third kappa shape index (κ3) is 5.89. The van der Waals surface area contributed by atoms with E-state index >= 15 is 0 Å². The van der Waals surface area contributed by atoms with E-state index < -0.39 is 5.25 Å². The maximum atomic E-state index is 13.7. The van der Waals surface area contributed by atoms with Gasteiger partial charge in [-0.15, -0.1) is 0 Å². The van der Waals surface area contributed by atoms with Gasteiger partial charge in [-0.1, -0.05) is 83.6 Å². The zero-order valence-electron chi connectivity index (χ0n) is 20.4. The highest BCUT2D eigenvalue weighted by atomic mass is 32.2. The van der Waals surface area contributed by atoms with Crippen LogP contribution >= 0.6 is 11.8 Å². The first kappa shape index (κ1) is 24.9. The number of ketones is 1. The van der Waals surface area contributed by atoms with Crippen molar-refractivity contribution >= 4 is 28.4 Å². The van der Waals surface area contributed by atoms with E-state index in [1.807, 2.05) is 87.5 Å². The number of para-hydroxylation sites is 1. The highest BCUT2D eigenvalue weighted by Gasteiger charge is 2.26. The number of benzene rings is 3. The van der Waals surface area contributed by atoms with Crippen LogP contribution in [0.2, 0.25) is 0 Å². The SMILES string of the molecule is CCOCCCn1c(SC(C(=O)c2ccc(C)cc2)c2ccc(C)cc2)nc2ccccc2c1=O. The predicted molar refractivity (Wildman–Crippen MR) is 142 cm³/mol. The first-order chi connectivity index (χ1) is 17.0. The van der Waals surface area contributed by atoms with Gasteiger partial charge in [-0.05, 0) is 44.9 Å². The summed E-state index contributed by atoms with van der Waals surface area (Å²) in [5.41, 5.74) is 4.28. The average molecular weight is 487 g/mol. The minimum absolute atomic E-state index is 0.0119. The molecular weight excluding hydrogens is 456 g/mol. The van der Waals surface area contributed by atoms with Crippen molar-refractivity contribution in [3.8, 4) is 0 Å². The van der Waals surface area contributed by atoms with E-state index in [4.69, 9.17) is 9.72 Å². The number of carbonyl (C=O) groups is 1. The van der Waals surface area contributed by atoms with Crippen molar-refractivity contribution in [2.24, 2.45) is 0 Å². The van der Waals surface area contributed by atoms with Gasteiger partial charge < -0.3 is 4.74 Å². The van der Waals surface area contributed by atoms with Crippen LogP contribution in [0.15, 0.2) is 82.7 Å². The third-order valence-corrected chi connectivity index (χ3v) is 7.12. The van der Waals surface area contributed by atoms with Crippen LogP contribution < -0.4 is 5.56 Å². The van der Waals surface area contributed by atoms with Crippen molar-refractivity contribution < 1.29 is 9.53 Å². The molecule has 35 heavy (non-hydrogen) atoms. The minimum Gasteiger partial charge on any atom is -0.382 e. The number of ether oxygens (including phenoxy) is 1. The Morgan fingerprint density at radius 3 is 2.31 bits per heavy atom. The molecule has 0 fully saturated rings. The molecule has 5 nitrogen and oxygen atoms in total. The van der Waals surface area contributed by atoms with Crippen molar-refractivity contribution in [1.82, 2.24) is 9.55 Å². The van der Waals surface area contributed by atoms with E-state index in [1.54, 1.807) is 10.6 Å². The van der Waals surface area contributed by atoms with Crippen molar-refractivity contribution in [2.75, 3.05) is 13.2 Å². The van der Waals surface area contributed by atoms with Crippen molar-refractivity contribution in [2.45, 2.75) is 44.1 Å². The maximum absolute atomic E-state index is 13.7. The normalized spacial score (nSPS) is 12.1. The number of rotatable bonds is 10. The average Bonchev–Trinajstić information content (AvgIpc) is 2.87. The van der Waals surface area contributed by atoms with E-state index in [-0.39, 0.29) is 11.3 Å². The Bertz CT molecular complexity index is 1360. The third-order valence-electron chi connectivity index (χ3n) is 5.88. The van der Waals surface area contributed by atoms with Crippen LogP contribution in [0.25, 0.3) is 10.9 Å². The summed E-state index contributed by atoms with van der Waals surface area (Å²) in [6.07, 6.45) is 0.683. The van der Waals surface area contributed by atoms with Crippen LogP contribution in [0.1, 0.15) is 45.6 Å². The maximum Gasteiger partial charge on any atom is 0.262 e. The van der Waals surface area contributed by atoms with E-state index in [0.717, 1.165) is 16.7 Å². The molecule has 0 N–H and O–H groups in total. The minimum atomic E-state index is -0.537. The number of Topliss-reactive ketones (excluding diaryl/α,β-unsaturated/α-hetero) is 1. The molecule has 0 bridgehead atoms. The highest BCUT2D eigenvalue weighted by molar-refractivity contribution is 8.00. The van der Waals surface area contributed by atoms with Crippen LogP contribution in [-0.4, -0.2) is 28.5 Å². The number of hydrogen-bond donors (Lipinski definition) is 0. The summed E-state index contributed by atoms with van der Waals surface area (Å²) < 4.78 is 7.18. The first-order valence-corrected chi connectivity index (χ1v) is 12.8. The molecule has 0 amide bonds. The molecule has 0 spiro atoms. The van der Waals surface area contributed by atoms with Crippen molar-refractivity contribution in [3.63, 3.8) is 0 Å². The van der Waals surface area contributed by atoms with Gasteiger partial charge in [-0.2, -0.15) is 0 Å². The number of fused-ring (bicyclic) bond motifs is 1. The summed E-state index contributed by atoms with van der Waals surface area (Å²) >= 11 is 1.34. The smallest absolute Gasteiger partial charge is 0.262 e. The Balaban J connectivity index is 1.78. The lowest BCUT2D eigenvalue weighted by Gasteiger charge is -2.19. The summed E-state index contributed by atoms with van der Waals surface area (Å²) in [4.78, 5) is 32.0. The molecule has 1 heterocycles. The fourth-order valence-corrected chi connectivity index (χ4v) is 5.09. The zero-order chi connectivity index (χ0) is 24.8. The molecule has 1 aromatic heterocycles. The molecule has 0 aliphatic rings. The molecule has 4 aromatic rings. The summed E-state index contributed by atoms with van der Waals surface area (Å²) in [6, 6.07) is 23.0. The summed E-state index contributed by atoms with van der Waals surface area (Å²) in [5, 5.41) is 0.575. The molecule has 4 rings (SSSR count). The molecule has 0 saturated carbocycles. The largest absolute Gasteiger partial charge is 0.382 e. The van der Waals surface area contributed by atoms with E-state index in [2.05, 4.69) is 0 Å². The molecule has 0 radical (unpaired) electrons. The second kappa shape index (κ2) is 11.5. The van der Waals surface area contributed by atoms with Crippen molar-refractivity contribution in [1.29, 1.82) is 0 Å². The Hall–Kier alpha value is -3.22.